The number of rotatable bonds is 8. The molecule has 0 heterocycles. The molecule has 1 rings (SSSR count). The zero-order chi connectivity index (χ0) is 13.4. The summed E-state index contributed by atoms with van der Waals surface area (Å²) in [6.07, 6.45) is 3.23. The summed E-state index contributed by atoms with van der Waals surface area (Å²) in [6, 6.07) is 7.06. The van der Waals surface area contributed by atoms with Crippen molar-refractivity contribution >= 4 is 5.78 Å². The molecular formula is C15H20O3. The van der Waals surface area contributed by atoms with E-state index in [4.69, 9.17) is 9.47 Å². The fraction of sp³-hybridized carbons (Fsp3) is 0.400. The average molecular weight is 248 g/mol. The standard InChI is InChI=1S/C15H20O3/c1-4-5-6-11-18-12(2)15(16)13-7-9-14(17-3)10-8-13/h4,7-10,12H,1,5-6,11H2,2-3H3. The van der Waals surface area contributed by atoms with Gasteiger partial charge in [0.25, 0.3) is 0 Å². The first-order valence-electron chi connectivity index (χ1n) is 6.09. The summed E-state index contributed by atoms with van der Waals surface area (Å²) in [7, 11) is 1.60. The number of hydrogen-bond acceptors (Lipinski definition) is 3. The molecule has 0 bridgehead atoms. The van der Waals surface area contributed by atoms with Crippen LogP contribution in [0.25, 0.3) is 0 Å². The van der Waals surface area contributed by atoms with E-state index < -0.39 is 6.10 Å². The van der Waals surface area contributed by atoms with Crippen molar-refractivity contribution < 1.29 is 14.3 Å². The highest BCUT2D eigenvalue weighted by Gasteiger charge is 2.15. The molecule has 1 unspecified atom stereocenters. The maximum Gasteiger partial charge on any atom is 0.191 e. The minimum Gasteiger partial charge on any atom is -0.497 e. The Bertz CT molecular complexity index is 381. The molecule has 0 spiro atoms. The number of methoxy groups -OCH3 is 1. The molecule has 0 fully saturated rings. The quantitative estimate of drug-likeness (QED) is 0.402. The molecule has 98 valence electrons. The fourth-order valence-corrected chi connectivity index (χ4v) is 1.55. The van der Waals surface area contributed by atoms with Crippen molar-refractivity contribution in [1.82, 2.24) is 0 Å². The predicted octanol–water partition coefficient (Wildman–Crippen LogP) is 3.25. The predicted molar refractivity (Wildman–Crippen MR) is 72.2 cm³/mol. The van der Waals surface area contributed by atoms with Gasteiger partial charge in [0.1, 0.15) is 11.9 Å². The van der Waals surface area contributed by atoms with Crippen LogP contribution in [0.3, 0.4) is 0 Å². The number of benzene rings is 1. The van der Waals surface area contributed by atoms with Gasteiger partial charge in [-0.2, -0.15) is 0 Å². The highest BCUT2D eigenvalue weighted by molar-refractivity contribution is 5.99. The van der Waals surface area contributed by atoms with Crippen LogP contribution in [0.15, 0.2) is 36.9 Å². The van der Waals surface area contributed by atoms with Crippen LogP contribution in [0.1, 0.15) is 30.1 Å². The van der Waals surface area contributed by atoms with Crippen molar-refractivity contribution in [2.45, 2.75) is 25.9 Å². The van der Waals surface area contributed by atoms with E-state index >= 15 is 0 Å². The highest BCUT2D eigenvalue weighted by atomic mass is 16.5. The number of ketones is 1. The van der Waals surface area contributed by atoms with Gasteiger partial charge >= 0.3 is 0 Å². The monoisotopic (exact) mass is 248 g/mol. The number of carbonyl (C=O) groups is 1. The van der Waals surface area contributed by atoms with Crippen molar-refractivity contribution in [3.05, 3.63) is 42.5 Å². The Morgan fingerprint density at radius 3 is 2.61 bits per heavy atom. The maximum atomic E-state index is 12.0. The minimum atomic E-state index is -0.414. The lowest BCUT2D eigenvalue weighted by molar-refractivity contribution is 0.0471. The second-order valence-electron chi connectivity index (χ2n) is 4.04. The van der Waals surface area contributed by atoms with E-state index in [1.165, 1.54) is 0 Å². The summed E-state index contributed by atoms with van der Waals surface area (Å²) in [5, 5.41) is 0. The van der Waals surface area contributed by atoms with Crippen LogP contribution in [0.2, 0.25) is 0 Å². The van der Waals surface area contributed by atoms with Gasteiger partial charge < -0.3 is 9.47 Å². The third-order valence-corrected chi connectivity index (χ3v) is 2.66. The molecule has 1 aromatic rings. The zero-order valence-corrected chi connectivity index (χ0v) is 11.0. The number of ether oxygens (including phenoxy) is 2. The van der Waals surface area contributed by atoms with E-state index in [0.717, 1.165) is 18.6 Å². The number of carbonyl (C=O) groups excluding carboxylic acids is 1. The summed E-state index contributed by atoms with van der Waals surface area (Å²) in [5.74, 6) is 0.738. The van der Waals surface area contributed by atoms with E-state index in [0.29, 0.717) is 12.2 Å². The Kier molecular flexibility index (Phi) is 6.15. The Labute approximate surface area is 108 Å². The van der Waals surface area contributed by atoms with Crippen molar-refractivity contribution in [3.63, 3.8) is 0 Å². The average Bonchev–Trinajstić information content (AvgIpc) is 2.42. The van der Waals surface area contributed by atoms with Crippen LogP contribution in [0, 0.1) is 0 Å². The van der Waals surface area contributed by atoms with Gasteiger partial charge in [-0.15, -0.1) is 6.58 Å². The van der Waals surface area contributed by atoms with Gasteiger partial charge in [-0.1, -0.05) is 6.08 Å². The van der Waals surface area contributed by atoms with Crippen molar-refractivity contribution in [3.8, 4) is 5.75 Å². The Hall–Kier alpha value is -1.61. The lowest BCUT2D eigenvalue weighted by Crippen LogP contribution is -2.21. The first-order valence-corrected chi connectivity index (χ1v) is 6.09. The number of allylic oxidation sites excluding steroid dienone is 1. The van der Waals surface area contributed by atoms with E-state index in [1.807, 2.05) is 6.08 Å². The molecule has 18 heavy (non-hydrogen) atoms. The molecule has 0 amide bonds. The highest BCUT2D eigenvalue weighted by Crippen LogP contribution is 2.13. The number of unbranched alkanes of at least 4 members (excludes halogenated alkanes) is 1. The largest absolute Gasteiger partial charge is 0.497 e. The summed E-state index contributed by atoms with van der Waals surface area (Å²) in [6.45, 7) is 6.00. The van der Waals surface area contributed by atoms with Gasteiger partial charge in [-0.3, -0.25) is 4.79 Å². The van der Waals surface area contributed by atoms with E-state index in [9.17, 15) is 4.79 Å². The third kappa shape index (κ3) is 4.34. The van der Waals surface area contributed by atoms with Crippen LogP contribution in [0.4, 0.5) is 0 Å². The summed E-state index contributed by atoms with van der Waals surface area (Å²) in [4.78, 5) is 12.0. The Morgan fingerprint density at radius 1 is 1.39 bits per heavy atom. The molecule has 0 N–H and O–H groups in total. The normalized spacial score (nSPS) is 11.9. The van der Waals surface area contributed by atoms with Crippen molar-refractivity contribution in [1.29, 1.82) is 0 Å². The molecule has 0 aliphatic rings. The SMILES string of the molecule is C=CCCCOC(C)C(=O)c1ccc(OC)cc1. The van der Waals surface area contributed by atoms with Crippen LogP contribution < -0.4 is 4.74 Å². The molecule has 1 aromatic carbocycles. The van der Waals surface area contributed by atoms with Crippen LogP contribution in [-0.4, -0.2) is 25.6 Å². The van der Waals surface area contributed by atoms with Crippen LogP contribution >= 0.6 is 0 Å². The van der Waals surface area contributed by atoms with Gasteiger partial charge in [0.05, 0.1) is 7.11 Å². The Balaban J connectivity index is 2.48. The second-order valence-corrected chi connectivity index (χ2v) is 4.04. The van der Waals surface area contributed by atoms with Gasteiger partial charge in [-0.25, -0.2) is 0 Å². The van der Waals surface area contributed by atoms with Crippen molar-refractivity contribution in [2.75, 3.05) is 13.7 Å². The van der Waals surface area contributed by atoms with Crippen molar-refractivity contribution in [2.24, 2.45) is 0 Å². The smallest absolute Gasteiger partial charge is 0.191 e. The molecule has 0 aliphatic heterocycles. The molecule has 3 nitrogen and oxygen atoms in total. The lowest BCUT2D eigenvalue weighted by Gasteiger charge is -2.12. The summed E-state index contributed by atoms with van der Waals surface area (Å²) < 4.78 is 10.5. The molecule has 0 saturated carbocycles. The summed E-state index contributed by atoms with van der Waals surface area (Å²) in [5.41, 5.74) is 0.645. The molecule has 0 radical (unpaired) electrons. The number of hydrogen-bond donors (Lipinski definition) is 0. The maximum absolute atomic E-state index is 12.0. The molecule has 0 saturated heterocycles. The zero-order valence-electron chi connectivity index (χ0n) is 11.0. The molecule has 3 heteroatoms. The lowest BCUT2D eigenvalue weighted by atomic mass is 10.1. The Morgan fingerprint density at radius 2 is 2.06 bits per heavy atom. The van der Waals surface area contributed by atoms with Gasteiger partial charge in [0, 0.05) is 12.2 Å². The van der Waals surface area contributed by atoms with E-state index in [1.54, 1.807) is 38.3 Å². The second kappa shape index (κ2) is 7.67. The van der Waals surface area contributed by atoms with Crippen LogP contribution in [-0.2, 0) is 4.74 Å². The first kappa shape index (κ1) is 14.5. The third-order valence-electron chi connectivity index (χ3n) is 2.66. The molecule has 1 atom stereocenters. The molecule has 0 aliphatic carbocycles. The topological polar surface area (TPSA) is 35.5 Å². The van der Waals surface area contributed by atoms with Crippen LogP contribution in [0.5, 0.6) is 5.75 Å². The van der Waals surface area contributed by atoms with Gasteiger partial charge in [-0.05, 0) is 44.0 Å². The van der Waals surface area contributed by atoms with Gasteiger partial charge in [0.2, 0.25) is 0 Å². The molecule has 0 aromatic heterocycles. The van der Waals surface area contributed by atoms with E-state index in [2.05, 4.69) is 6.58 Å². The summed E-state index contributed by atoms with van der Waals surface area (Å²) >= 11 is 0. The fourth-order valence-electron chi connectivity index (χ4n) is 1.55. The molecular weight excluding hydrogens is 228 g/mol. The minimum absolute atomic E-state index is 0.00347. The number of Topliss-reactive ketones (excluding diaryl/α,β-unsaturated/α-hetero) is 1. The first-order chi connectivity index (χ1) is 8.69. The van der Waals surface area contributed by atoms with E-state index in [-0.39, 0.29) is 5.78 Å². The van der Waals surface area contributed by atoms with Gasteiger partial charge in [0.15, 0.2) is 5.78 Å².